The molecule has 23 heavy (non-hydrogen) atoms. The van der Waals surface area contributed by atoms with Crippen LogP contribution in [0.3, 0.4) is 0 Å². The molecule has 0 saturated carbocycles. The van der Waals surface area contributed by atoms with Gasteiger partial charge in [-0.25, -0.2) is 9.18 Å². The number of hydrogen-bond acceptors (Lipinski definition) is 5. The molecule has 0 aliphatic carbocycles. The summed E-state index contributed by atoms with van der Waals surface area (Å²) in [4.78, 5) is 22.6. The molecule has 7 nitrogen and oxygen atoms in total. The summed E-state index contributed by atoms with van der Waals surface area (Å²) < 4.78 is 24.5. The Balaban J connectivity index is 1.92. The highest BCUT2D eigenvalue weighted by molar-refractivity contribution is 5.96. The number of benzene rings is 1. The lowest BCUT2D eigenvalue weighted by Gasteiger charge is -2.15. The van der Waals surface area contributed by atoms with Crippen molar-refractivity contribution in [3.63, 3.8) is 0 Å². The van der Waals surface area contributed by atoms with Gasteiger partial charge in [0.25, 0.3) is 0 Å². The lowest BCUT2D eigenvalue weighted by atomic mass is 10.2. The number of hydrogen-bond donors (Lipinski definition) is 3. The van der Waals surface area contributed by atoms with Crippen LogP contribution < -0.4 is 20.7 Å². The minimum Gasteiger partial charge on any atom is -0.489 e. The van der Waals surface area contributed by atoms with Crippen LogP contribution in [0.5, 0.6) is 5.75 Å². The molecule has 8 heteroatoms. The summed E-state index contributed by atoms with van der Waals surface area (Å²) in [5.41, 5.74) is 0.343. The fourth-order valence-corrected chi connectivity index (χ4v) is 2.13. The normalized spacial score (nSPS) is 16.7. The lowest BCUT2D eigenvalue weighted by molar-refractivity contribution is -0.118. The summed E-state index contributed by atoms with van der Waals surface area (Å²) in [5.74, 6) is -0.572. The minimum atomic E-state index is -0.606. The van der Waals surface area contributed by atoms with Crippen LogP contribution in [0.4, 0.5) is 14.9 Å². The number of nitrogens with one attached hydrogen (secondary N) is 3. The van der Waals surface area contributed by atoms with Crippen LogP contribution in [0.1, 0.15) is 12.8 Å². The van der Waals surface area contributed by atoms with Crippen molar-refractivity contribution in [2.24, 2.45) is 0 Å². The summed E-state index contributed by atoms with van der Waals surface area (Å²) in [7, 11) is 1.40. The Bertz CT molecular complexity index is 562. The molecule has 1 aliphatic heterocycles. The molecule has 1 aliphatic rings. The second-order valence-electron chi connectivity index (χ2n) is 5.07. The van der Waals surface area contributed by atoms with Crippen molar-refractivity contribution in [2.45, 2.75) is 18.9 Å². The number of halogens is 1. The molecule has 1 aromatic carbocycles. The van der Waals surface area contributed by atoms with E-state index in [1.165, 1.54) is 25.2 Å². The maximum absolute atomic E-state index is 13.4. The van der Waals surface area contributed by atoms with Crippen molar-refractivity contribution in [1.82, 2.24) is 10.6 Å². The first kappa shape index (κ1) is 17.0. The SMILES string of the molecule is CNC(=O)NC(=O)CNc1cc(F)ccc1OC[C@@H]1CCCO1. The average Bonchev–Trinajstić information content (AvgIpc) is 3.05. The number of amides is 3. The van der Waals surface area contributed by atoms with Crippen molar-refractivity contribution < 1.29 is 23.5 Å². The third-order valence-corrected chi connectivity index (χ3v) is 3.31. The van der Waals surface area contributed by atoms with Crippen LogP contribution in [0.25, 0.3) is 0 Å². The van der Waals surface area contributed by atoms with E-state index >= 15 is 0 Å². The molecule has 0 unspecified atom stereocenters. The van der Waals surface area contributed by atoms with Crippen LogP contribution in [0.15, 0.2) is 18.2 Å². The first-order valence-corrected chi connectivity index (χ1v) is 7.38. The maximum Gasteiger partial charge on any atom is 0.321 e. The summed E-state index contributed by atoms with van der Waals surface area (Å²) >= 11 is 0. The van der Waals surface area contributed by atoms with Crippen molar-refractivity contribution in [3.05, 3.63) is 24.0 Å². The molecule has 0 aromatic heterocycles. The topological polar surface area (TPSA) is 88.7 Å². The summed E-state index contributed by atoms with van der Waals surface area (Å²) in [6.45, 7) is 0.903. The van der Waals surface area contributed by atoms with Crippen molar-refractivity contribution in [1.29, 1.82) is 0 Å². The van der Waals surface area contributed by atoms with Gasteiger partial charge in [0.2, 0.25) is 5.91 Å². The van der Waals surface area contributed by atoms with E-state index in [2.05, 4.69) is 16.0 Å². The molecule has 2 rings (SSSR count). The number of carbonyl (C=O) groups excluding carboxylic acids is 2. The van der Waals surface area contributed by atoms with Gasteiger partial charge >= 0.3 is 6.03 Å². The zero-order valence-corrected chi connectivity index (χ0v) is 12.9. The number of carbonyl (C=O) groups is 2. The summed E-state index contributed by atoms with van der Waals surface area (Å²) in [6, 6.07) is 3.40. The van der Waals surface area contributed by atoms with Gasteiger partial charge in [0.15, 0.2) is 0 Å². The molecule has 0 bridgehead atoms. The highest BCUT2D eigenvalue weighted by Crippen LogP contribution is 2.26. The Kier molecular flexibility index (Phi) is 6.16. The lowest BCUT2D eigenvalue weighted by Crippen LogP contribution is -2.40. The number of rotatable bonds is 6. The number of anilines is 1. The van der Waals surface area contributed by atoms with Gasteiger partial charge in [0.05, 0.1) is 18.3 Å². The largest absolute Gasteiger partial charge is 0.489 e. The smallest absolute Gasteiger partial charge is 0.321 e. The molecule has 3 amide bonds. The van der Waals surface area contributed by atoms with E-state index in [0.717, 1.165) is 19.4 Å². The molecule has 1 heterocycles. The molecule has 1 saturated heterocycles. The standard InChI is InChI=1S/C15H20FN3O4/c1-17-15(21)19-14(20)8-18-12-7-10(16)4-5-13(12)23-9-11-3-2-6-22-11/h4-5,7,11,18H,2-3,6,8-9H2,1H3,(H2,17,19,20,21)/t11-/m0/s1. The molecule has 3 N–H and O–H groups in total. The first-order chi connectivity index (χ1) is 11.1. The van der Waals surface area contributed by atoms with E-state index in [0.29, 0.717) is 18.0 Å². The van der Waals surface area contributed by atoms with Crippen LogP contribution in [-0.4, -0.2) is 44.8 Å². The maximum atomic E-state index is 13.4. The molecule has 126 valence electrons. The number of imide groups is 1. The van der Waals surface area contributed by atoms with Crippen molar-refractivity contribution >= 4 is 17.6 Å². The zero-order valence-electron chi connectivity index (χ0n) is 12.9. The van der Waals surface area contributed by atoms with E-state index in [-0.39, 0.29) is 12.6 Å². The Morgan fingerprint density at radius 2 is 2.26 bits per heavy atom. The van der Waals surface area contributed by atoms with Gasteiger partial charge in [-0.3, -0.25) is 10.1 Å². The molecule has 1 atom stereocenters. The average molecular weight is 325 g/mol. The summed E-state index contributed by atoms with van der Waals surface area (Å²) in [6.07, 6.45) is 1.96. The van der Waals surface area contributed by atoms with E-state index in [1.54, 1.807) is 0 Å². The molecular weight excluding hydrogens is 305 g/mol. The predicted octanol–water partition coefficient (Wildman–Crippen LogP) is 1.25. The molecule has 0 spiro atoms. The van der Waals surface area contributed by atoms with Gasteiger partial charge in [-0.05, 0) is 25.0 Å². The van der Waals surface area contributed by atoms with Crippen LogP contribution in [0, 0.1) is 5.82 Å². The Morgan fingerprint density at radius 1 is 1.43 bits per heavy atom. The molecule has 0 radical (unpaired) electrons. The van der Waals surface area contributed by atoms with E-state index in [4.69, 9.17) is 9.47 Å². The van der Waals surface area contributed by atoms with Gasteiger partial charge in [0, 0.05) is 19.7 Å². The third kappa shape index (κ3) is 5.41. The molecule has 1 fully saturated rings. The minimum absolute atomic E-state index is 0.0319. The second-order valence-corrected chi connectivity index (χ2v) is 5.07. The van der Waals surface area contributed by atoms with Crippen molar-refractivity contribution in [2.75, 3.05) is 32.1 Å². The van der Waals surface area contributed by atoms with Crippen molar-refractivity contribution in [3.8, 4) is 5.75 Å². The van der Waals surface area contributed by atoms with Crippen LogP contribution >= 0.6 is 0 Å². The quantitative estimate of drug-likeness (QED) is 0.732. The second kappa shape index (κ2) is 8.33. The van der Waals surface area contributed by atoms with Gasteiger partial charge in [0.1, 0.15) is 18.2 Å². The van der Waals surface area contributed by atoms with Gasteiger partial charge in [-0.2, -0.15) is 0 Å². The van der Waals surface area contributed by atoms with Crippen LogP contribution in [0.2, 0.25) is 0 Å². The first-order valence-electron chi connectivity index (χ1n) is 7.38. The fraction of sp³-hybridized carbons (Fsp3) is 0.467. The van der Waals surface area contributed by atoms with Gasteiger partial charge in [-0.1, -0.05) is 0 Å². The van der Waals surface area contributed by atoms with E-state index in [1.807, 2.05) is 0 Å². The van der Waals surface area contributed by atoms with Gasteiger partial charge in [-0.15, -0.1) is 0 Å². The third-order valence-electron chi connectivity index (χ3n) is 3.31. The Labute approximate surface area is 133 Å². The Hall–Kier alpha value is -2.35. The van der Waals surface area contributed by atoms with E-state index < -0.39 is 17.8 Å². The monoisotopic (exact) mass is 325 g/mol. The highest BCUT2D eigenvalue weighted by Gasteiger charge is 2.17. The highest BCUT2D eigenvalue weighted by atomic mass is 19.1. The zero-order chi connectivity index (χ0) is 16.7. The summed E-state index contributed by atoms with van der Waals surface area (Å²) in [5, 5.41) is 7.13. The van der Waals surface area contributed by atoms with Gasteiger partial charge < -0.3 is 20.1 Å². The number of ether oxygens (including phenoxy) is 2. The fourth-order valence-electron chi connectivity index (χ4n) is 2.13. The molecule has 1 aromatic rings. The predicted molar refractivity (Wildman–Crippen MR) is 82.0 cm³/mol. The Morgan fingerprint density at radius 3 is 2.96 bits per heavy atom. The number of urea groups is 1. The molecular formula is C15H20FN3O4. The van der Waals surface area contributed by atoms with Crippen LogP contribution in [-0.2, 0) is 9.53 Å². The van der Waals surface area contributed by atoms with E-state index in [9.17, 15) is 14.0 Å².